The van der Waals surface area contributed by atoms with Gasteiger partial charge in [0.05, 0.1) is 21.9 Å². The maximum Gasteiger partial charge on any atom is 0.359 e. The summed E-state index contributed by atoms with van der Waals surface area (Å²) in [6, 6.07) is 23.9. The number of hydrogen-bond acceptors (Lipinski definition) is 13. The summed E-state index contributed by atoms with van der Waals surface area (Å²) in [7, 11) is 0. The second-order valence-corrected chi connectivity index (χ2v) is 14.1. The number of piperidine rings is 2. The molecule has 0 amide bonds. The molecule has 0 radical (unpaired) electrons. The maximum atomic E-state index is 14.2. The topological polar surface area (TPSA) is 133 Å². The van der Waals surface area contributed by atoms with E-state index >= 15 is 0 Å². The Morgan fingerprint density at radius 2 is 1.29 bits per heavy atom. The summed E-state index contributed by atoms with van der Waals surface area (Å²) in [5.74, 6) is 2.54. The fourth-order valence-corrected chi connectivity index (χ4v) is 7.72. The highest BCUT2D eigenvalue weighted by atomic mass is 35.5. The summed E-state index contributed by atoms with van der Waals surface area (Å²) in [5.41, 5.74) is 0.433. The van der Waals surface area contributed by atoms with E-state index in [4.69, 9.17) is 46.7 Å². The van der Waals surface area contributed by atoms with Crippen LogP contribution in [-0.2, 0) is 0 Å². The van der Waals surface area contributed by atoms with Crippen LogP contribution in [0.4, 0.5) is 10.9 Å². The fraction of sp³-hybridized carbons (Fsp3) is 0.278. The van der Waals surface area contributed by atoms with Crippen LogP contribution >= 0.6 is 34.5 Å². The van der Waals surface area contributed by atoms with Crippen LogP contribution in [0.15, 0.2) is 87.9 Å². The lowest BCUT2D eigenvalue weighted by molar-refractivity contribution is 0.104. The van der Waals surface area contributed by atoms with Crippen molar-refractivity contribution in [2.75, 3.05) is 36.0 Å². The van der Waals surface area contributed by atoms with Crippen molar-refractivity contribution in [3.8, 4) is 23.5 Å². The molecular formula is C36H31Cl2N7O5S. The molecule has 5 heterocycles. The number of halogens is 2. The van der Waals surface area contributed by atoms with Crippen molar-refractivity contribution >= 4 is 51.3 Å². The number of rotatable bonds is 10. The van der Waals surface area contributed by atoms with Gasteiger partial charge in [-0.1, -0.05) is 70.9 Å². The van der Waals surface area contributed by atoms with Gasteiger partial charge in [0.2, 0.25) is 17.6 Å². The normalized spacial score (nSPS) is 17.8. The van der Waals surface area contributed by atoms with Gasteiger partial charge in [-0.25, -0.2) is 4.98 Å². The lowest BCUT2D eigenvalue weighted by atomic mass is 9.97. The first-order valence-corrected chi connectivity index (χ1v) is 18.2. The van der Waals surface area contributed by atoms with Crippen LogP contribution in [-0.4, -0.2) is 57.2 Å². The molecule has 0 spiro atoms. The number of ketones is 1. The lowest BCUT2D eigenvalue weighted by Crippen LogP contribution is -2.36. The van der Waals surface area contributed by atoms with Gasteiger partial charge >= 0.3 is 12.0 Å². The summed E-state index contributed by atoms with van der Waals surface area (Å²) < 4.78 is 22.9. The van der Waals surface area contributed by atoms with Crippen LogP contribution in [0.3, 0.4) is 0 Å². The van der Waals surface area contributed by atoms with E-state index in [1.165, 1.54) is 11.3 Å². The van der Waals surface area contributed by atoms with Crippen molar-refractivity contribution in [3.63, 3.8) is 0 Å². The Bertz CT molecular complexity index is 2130. The minimum atomic E-state index is -0.182. The zero-order valence-electron chi connectivity index (χ0n) is 27.2. The summed E-state index contributed by atoms with van der Waals surface area (Å²) in [4.78, 5) is 33.2. The highest BCUT2D eigenvalue weighted by Crippen LogP contribution is 2.40. The van der Waals surface area contributed by atoms with Gasteiger partial charge in [0.25, 0.3) is 0 Å². The van der Waals surface area contributed by atoms with Gasteiger partial charge in [0.15, 0.2) is 10.9 Å². The number of aromatic nitrogens is 5. The van der Waals surface area contributed by atoms with E-state index in [-0.39, 0.29) is 29.6 Å². The summed E-state index contributed by atoms with van der Waals surface area (Å²) in [6.07, 6.45) is 3.42. The number of anilines is 2. The predicted molar refractivity (Wildman–Crippen MR) is 192 cm³/mol. The van der Waals surface area contributed by atoms with E-state index in [9.17, 15) is 4.79 Å². The van der Waals surface area contributed by atoms with Crippen LogP contribution in [0.5, 0.6) is 23.5 Å². The van der Waals surface area contributed by atoms with Gasteiger partial charge in [-0.3, -0.25) is 4.79 Å². The van der Waals surface area contributed by atoms with Gasteiger partial charge in [-0.05, 0) is 78.5 Å². The second kappa shape index (κ2) is 14.7. The molecule has 0 unspecified atom stereocenters. The number of para-hydroxylation sites is 2. The van der Waals surface area contributed by atoms with E-state index in [1.807, 2.05) is 60.7 Å². The Kier molecular flexibility index (Phi) is 9.57. The lowest BCUT2D eigenvalue weighted by Gasteiger charge is -2.32. The van der Waals surface area contributed by atoms with E-state index in [2.05, 4.69) is 30.1 Å². The molecular weight excluding hydrogens is 713 g/mol. The van der Waals surface area contributed by atoms with Crippen molar-refractivity contribution in [3.05, 3.63) is 111 Å². The van der Waals surface area contributed by atoms with Gasteiger partial charge < -0.3 is 28.3 Å². The number of nitrogens with zero attached hydrogens (tertiary/aromatic N) is 7. The molecule has 15 heteroatoms. The highest BCUT2D eigenvalue weighted by molar-refractivity contribution is 7.18. The number of thiazole rings is 1. The summed E-state index contributed by atoms with van der Waals surface area (Å²) in [5, 5.41) is 9.53. The van der Waals surface area contributed by atoms with Gasteiger partial charge in [0, 0.05) is 31.7 Å². The molecule has 3 aromatic heterocycles. The quantitative estimate of drug-likeness (QED) is 0.124. The van der Waals surface area contributed by atoms with Crippen molar-refractivity contribution in [2.45, 2.75) is 37.5 Å². The molecule has 2 aliphatic heterocycles. The molecule has 8 rings (SSSR count). The largest absolute Gasteiger partial charge is 0.422 e. The standard InChI is InChI=1S/C36H31Cl2N7O5S/c37-27-16-15-22(19-28(27)38)29(46)30-31(44-17-7-9-23(20-44)32-40-34(42-49-32)47-25-11-3-1-4-12-25)39-36(51-30)45-18-8-10-24(21-45)33-41-35(43-50-33)48-26-13-5-2-6-14-26/h1-6,11-16,19,23-24H,7-10,17-18,20-21H2/t23-,24-/m0/s1. The Hall–Kier alpha value is -4.98. The Balaban J connectivity index is 1.05. The number of carbonyl (C=O) groups is 1. The smallest absolute Gasteiger partial charge is 0.359 e. The van der Waals surface area contributed by atoms with E-state index in [0.29, 0.717) is 69.2 Å². The third-order valence-corrected chi connectivity index (χ3v) is 10.7. The van der Waals surface area contributed by atoms with Crippen LogP contribution in [0, 0.1) is 0 Å². The Labute approximate surface area is 306 Å². The zero-order valence-corrected chi connectivity index (χ0v) is 29.5. The van der Waals surface area contributed by atoms with Crippen molar-refractivity contribution in [1.82, 2.24) is 25.3 Å². The van der Waals surface area contributed by atoms with Crippen LogP contribution in [0.25, 0.3) is 0 Å². The number of hydrogen-bond donors (Lipinski definition) is 0. The first-order chi connectivity index (χ1) is 25.0. The molecule has 0 aliphatic carbocycles. The third-order valence-electron chi connectivity index (χ3n) is 8.85. The molecule has 2 fully saturated rings. The molecule has 12 nitrogen and oxygen atoms in total. The first kappa shape index (κ1) is 33.2. The first-order valence-electron chi connectivity index (χ1n) is 16.6. The van der Waals surface area contributed by atoms with Crippen LogP contribution < -0.4 is 19.3 Å². The highest BCUT2D eigenvalue weighted by Gasteiger charge is 2.34. The van der Waals surface area contributed by atoms with Crippen LogP contribution in [0.1, 0.15) is 64.5 Å². The predicted octanol–water partition coefficient (Wildman–Crippen LogP) is 8.80. The number of ether oxygens (including phenoxy) is 2. The molecule has 0 saturated carbocycles. The third kappa shape index (κ3) is 7.41. The number of benzene rings is 3. The average molecular weight is 745 g/mol. The SMILES string of the molecule is O=C(c1ccc(Cl)c(Cl)c1)c1sc(N2CCC[C@H](c3nc(Oc4ccccc4)no3)C2)nc1N1CCC[C@H](c2nc(Oc3ccccc3)no2)C1. The summed E-state index contributed by atoms with van der Waals surface area (Å²) >= 11 is 13.9. The van der Waals surface area contributed by atoms with Crippen molar-refractivity contribution in [2.24, 2.45) is 0 Å². The van der Waals surface area contributed by atoms with Crippen molar-refractivity contribution < 1.29 is 23.3 Å². The van der Waals surface area contributed by atoms with E-state index < -0.39 is 0 Å². The number of carbonyl (C=O) groups excluding carboxylic acids is 1. The van der Waals surface area contributed by atoms with Gasteiger partial charge in [-0.15, -0.1) is 0 Å². The molecule has 0 N–H and O–H groups in total. The molecule has 0 bridgehead atoms. The van der Waals surface area contributed by atoms with Gasteiger partial charge in [-0.2, -0.15) is 9.97 Å². The van der Waals surface area contributed by atoms with E-state index in [1.54, 1.807) is 18.2 Å². The fourth-order valence-electron chi connectivity index (χ4n) is 6.33. The molecule has 2 atom stereocenters. The molecule has 260 valence electrons. The minimum absolute atomic E-state index is 0.0369. The molecule has 2 saturated heterocycles. The molecule has 6 aromatic rings. The zero-order chi connectivity index (χ0) is 34.7. The minimum Gasteiger partial charge on any atom is -0.422 e. The van der Waals surface area contributed by atoms with Crippen LogP contribution in [0.2, 0.25) is 10.0 Å². The van der Waals surface area contributed by atoms with Gasteiger partial charge in [0.1, 0.15) is 16.4 Å². The molecule has 51 heavy (non-hydrogen) atoms. The van der Waals surface area contributed by atoms with E-state index in [0.717, 1.165) is 37.4 Å². The maximum absolute atomic E-state index is 14.2. The van der Waals surface area contributed by atoms with Crippen molar-refractivity contribution in [1.29, 1.82) is 0 Å². The monoisotopic (exact) mass is 743 g/mol. The Morgan fingerprint density at radius 1 is 0.725 bits per heavy atom. The summed E-state index contributed by atoms with van der Waals surface area (Å²) in [6.45, 7) is 2.60. The second-order valence-electron chi connectivity index (χ2n) is 12.3. The molecule has 2 aliphatic rings. The molecule has 3 aromatic carbocycles. The Morgan fingerprint density at radius 3 is 1.88 bits per heavy atom. The average Bonchev–Trinajstić information content (AvgIpc) is 3.94.